The number of hydrogen-bond acceptors (Lipinski definition) is 5. The maximum atomic E-state index is 5.60. The van der Waals surface area contributed by atoms with Gasteiger partial charge in [-0.15, -0.1) is 0 Å². The molecular weight excluding hydrogens is 314 g/mol. The molecule has 1 aromatic carbocycles. The molecule has 1 aliphatic rings. The Morgan fingerprint density at radius 3 is 2.80 bits per heavy atom. The Bertz CT molecular complexity index is 849. The molecule has 0 unspecified atom stereocenters. The lowest BCUT2D eigenvalue weighted by Gasteiger charge is -2.32. The number of fused-ring (bicyclic) bond motifs is 1. The van der Waals surface area contributed by atoms with Gasteiger partial charge in [0.15, 0.2) is 5.82 Å². The van der Waals surface area contributed by atoms with E-state index in [-0.39, 0.29) is 12.0 Å². The van der Waals surface area contributed by atoms with Crippen molar-refractivity contribution in [2.45, 2.75) is 52.2 Å². The standard InChI is InChI=1S/C19H23N5O/c1-12(2)18-22-19(25-23-18)17-8-15-16(21-11-20-15)10-24(17)9-14-6-4-13(3)5-7-14/h4-7,11-12,17H,8-10H2,1-3H3,(H,20,21)/t17-/m0/s1. The minimum Gasteiger partial charge on any atom is -0.347 e. The molecule has 3 heterocycles. The number of H-pyrrole nitrogens is 1. The topological polar surface area (TPSA) is 70.8 Å². The first kappa shape index (κ1) is 16.0. The highest BCUT2D eigenvalue weighted by molar-refractivity contribution is 5.23. The first-order valence-electron chi connectivity index (χ1n) is 8.74. The normalized spacial score (nSPS) is 17.8. The molecule has 1 aliphatic heterocycles. The summed E-state index contributed by atoms with van der Waals surface area (Å²) in [7, 11) is 0. The predicted octanol–water partition coefficient (Wildman–Crippen LogP) is 3.52. The minimum absolute atomic E-state index is 0.0529. The van der Waals surface area contributed by atoms with Crippen LogP contribution in [0.5, 0.6) is 0 Å². The molecular formula is C19H23N5O. The molecule has 130 valence electrons. The summed E-state index contributed by atoms with van der Waals surface area (Å²) in [5.41, 5.74) is 4.82. The van der Waals surface area contributed by atoms with Crippen LogP contribution in [0.1, 0.15) is 60.0 Å². The van der Waals surface area contributed by atoms with Gasteiger partial charge in [-0.2, -0.15) is 4.98 Å². The van der Waals surface area contributed by atoms with Crippen LogP contribution in [0.4, 0.5) is 0 Å². The Morgan fingerprint density at radius 1 is 1.28 bits per heavy atom. The van der Waals surface area contributed by atoms with E-state index in [1.165, 1.54) is 16.8 Å². The van der Waals surface area contributed by atoms with Gasteiger partial charge in [0.1, 0.15) is 0 Å². The lowest BCUT2D eigenvalue weighted by atomic mass is 10.0. The third kappa shape index (κ3) is 3.22. The zero-order valence-corrected chi connectivity index (χ0v) is 14.9. The van der Waals surface area contributed by atoms with Gasteiger partial charge in [0.2, 0.25) is 5.89 Å². The first-order valence-corrected chi connectivity index (χ1v) is 8.74. The van der Waals surface area contributed by atoms with Gasteiger partial charge < -0.3 is 9.51 Å². The summed E-state index contributed by atoms with van der Waals surface area (Å²) in [4.78, 5) is 14.7. The summed E-state index contributed by atoms with van der Waals surface area (Å²) >= 11 is 0. The molecule has 0 saturated heterocycles. The van der Waals surface area contributed by atoms with E-state index < -0.39 is 0 Å². The van der Waals surface area contributed by atoms with Gasteiger partial charge in [0.25, 0.3) is 0 Å². The van der Waals surface area contributed by atoms with Gasteiger partial charge >= 0.3 is 0 Å². The highest BCUT2D eigenvalue weighted by Crippen LogP contribution is 2.32. The maximum absolute atomic E-state index is 5.60. The van der Waals surface area contributed by atoms with Crippen molar-refractivity contribution in [1.29, 1.82) is 0 Å². The predicted molar refractivity (Wildman–Crippen MR) is 93.8 cm³/mol. The van der Waals surface area contributed by atoms with Crippen molar-refractivity contribution in [3.63, 3.8) is 0 Å². The smallest absolute Gasteiger partial charge is 0.244 e. The zero-order chi connectivity index (χ0) is 17.4. The second-order valence-corrected chi connectivity index (χ2v) is 7.08. The van der Waals surface area contributed by atoms with Crippen LogP contribution in [-0.2, 0) is 19.5 Å². The highest BCUT2D eigenvalue weighted by Gasteiger charge is 2.33. The monoisotopic (exact) mass is 337 g/mol. The third-order valence-corrected chi connectivity index (χ3v) is 4.76. The number of aromatic amines is 1. The van der Waals surface area contributed by atoms with Crippen molar-refractivity contribution in [1.82, 2.24) is 25.0 Å². The van der Waals surface area contributed by atoms with Crippen molar-refractivity contribution < 1.29 is 4.52 Å². The fourth-order valence-corrected chi connectivity index (χ4v) is 3.24. The Morgan fingerprint density at radius 2 is 2.08 bits per heavy atom. The number of hydrogen-bond donors (Lipinski definition) is 1. The molecule has 0 amide bonds. The summed E-state index contributed by atoms with van der Waals surface area (Å²) in [6.45, 7) is 7.89. The lowest BCUT2D eigenvalue weighted by molar-refractivity contribution is 0.128. The van der Waals surface area contributed by atoms with E-state index in [4.69, 9.17) is 4.52 Å². The maximum Gasteiger partial charge on any atom is 0.244 e. The second kappa shape index (κ2) is 6.44. The number of nitrogens with zero attached hydrogens (tertiary/aromatic N) is 4. The van der Waals surface area contributed by atoms with Crippen LogP contribution in [0, 0.1) is 6.92 Å². The lowest BCUT2D eigenvalue weighted by Crippen LogP contribution is -2.34. The molecule has 6 heteroatoms. The van der Waals surface area contributed by atoms with Crippen molar-refractivity contribution in [2.24, 2.45) is 0 Å². The molecule has 0 spiro atoms. The molecule has 1 N–H and O–H groups in total. The zero-order valence-electron chi connectivity index (χ0n) is 14.9. The van der Waals surface area contributed by atoms with Gasteiger partial charge in [0.05, 0.1) is 23.8 Å². The SMILES string of the molecule is Cc1ccc(CN2Cc3[nH]cnc3C[C@H]2c2nc(C(C)C)no2)cc1. The molecule has 2 aromatic heterocycles. The molecule has 25 heavy (non-hydrogen) atoms. The van der Waals surface area contributed by atoms with Gasteiger partial charge in [-0.3, -0.25) is 4.90 Å². The van der Waals surface area contributed by atoms with E-state index in [1.807, 2.05) is 0 Å². The highest BCUT2D eigenvalue weighted by atomic mass is 16.5. The van der Waals surface area contributed by atoms with Crippen molar-refractivity contribution in [2.75, 3.05) is 0 Å². The van der Waals surface area contributed by atoms with Gasteiger partial charge in [0, 0.05) is 25.4 Å². The molecule has 0 bridgehead atoms. The number of imidazole rings is 1. The molecule has 0 aliphatic carbocycles. The fourth-order valence-electron chi connectivity index (χ4n) is 3.24. The largest absolute Gasteiger partial charge is 0.347 e. The third-order valence-electron chi connectivity index (χ3n) is 4.76. The van der Waals surface area contributed by atoms with Crippen LogP contribution < -0.4 is 0 Å². The Labute approximate surface area is 147 Å². The summed E-state index contributed by atoms with van der Waals surface area (Å²) in [5, 5.41) is 4.15. The fraction of sp³-hybridized carbons (Fsp3) is 0.421. The van der Waals surface area contributed by atoms with Crippen molar-refractivity contribution in [3.8, 4) is 0 Å². The Kier molecular flexibility index (Phi) is 4.13. The van der Waals surface area contributed by atoms with Crippen LogP contribution in [0.15, 0.2) is 35.1 Å². The van der Waals surface area contributed by atoms with E-state index >= 15 is 0 Å². The molecule has 0 fully saturated rings. The van der Waals surface area contributed by atoms with E-state index in [1.54, 1.807) is 6.33 Å². The van der Waals surface area contributed by atoms with Gasteiger partial charge in [-0.1, -0.05) is 48.8 Å². The summed E-state index contributed by atoms with van der Waals surface area (Å²) in [6, 6.07) is 8.72. The number of benzene rings is 1. The van der Waals surface area contributed by atoms with Crippen molar-refractivity contribution >= 4 is 0 Å². The number of aromatic nitrogens is 4. The molecule has 6 nitrogen and oxygen atoms in total. The quantitative estimate of drug-likeness (QED) is 0.788. The summed E-state index contributed by atoms with van der Waals surface area (Å²) in [5.74, 6) is 1.70. The van der Waals surface area contributed by atoms with Crippen LogP contribution in [0.25, 0.3) is 0 Å². The second-order valence-electron chi connectivity index (χ2n) is 7.08. The van der Waals surface area contributed by atoms with Crippen LogP contribution in [0.3, 0.4) is 0 Å². The average molecular weight is 337 g/mol. The first-order chi connectivity index (χ1) is 12.1. The summed E-state index contributed by atoms with van der Waals surface area (Å²) in [6.07, 6.45) is 2.55. The Hall–Kier alpha value is -2.47. The van der Waals surface area contributed by atoms with Crippen LogP contribution in [0.2, 0.25) is 0 Å². The molecule has 3 aromatic rings. The van der Waals surface area contributed by atoms with E-state index in [9.17, 15) is 0 Å². The molecule has 0 radical (unpaired) electrons. The van der Waals surface area contributed by atoms with Crippen LogP contribution >= 0.6 is 0 Å². The number of nitrogens with one attached hydrogen (secondary N) is 1. The molecule has 0 saturated carbocycles. The van der Waals surface area contributed by atoms with Gasteiger partial charge in [-0.05, 0) is 12.5 Å². The summed E-state index contributed by atoms with van der Waals surface area (Å²) < 4.78 is 5.60. The average Bonchev–Trinajstić information content (AvgIpc) is 3.24. The Balaban J connectivity index is 1.64. The molecule has 1 atom stereocenters. The van der Waals surface area contributed by atoms with E-state index in [2.05, 4.69) is 70.0 Å². The van der Waals surface area contributed by atoms with Crippen molar-refractivity contribution in [3.05, 3.63) is 64.8 Å². The van der Waals surface area contributed by atoms with E-state index in [0.717, 1.165) is 31.0 Å². The molecule has 4 rings (SSSR count). The van der Waals surface area contributed by atoms with E-state index in [0.29, 0.717) is 5.89 Å². The minimum atomic E-state index is 0.0529. The van der Waals surface area contributed by atoms with Crippen LogP contribution in [-0.4, -0.2) is 25.0 Å². The van der Waals surface area contributed by atoms with Gasteiger partial charge in [-0.25, -0.2) is 4.98 Å². The number of aryl methyl sites for hydroxylation is 1. The number of rotatable bonds is 4.